The molecule has 0 aliphatic rings. The fourth-order valence-electron chi connectivity index (χ4n) is 1.00. The van der Waals surface area contributed by atoms with E-state index in [0.29, 0.717) is 0 Å². The number of aryl methyl sites for hydroxylation is 1. The van der Waals surface area contributed by atoms with Gasteiger partial charge in [0.1, 0.15) is 0 Å². The Morgan fingerprint density at radius 1 is 1.17 bits per heavy atom. The van der Waals surface area contributed by atoms with Gasteiger partial charge in [-0.3, -0.25) is 0 Å². The summed E-state index contributed by atoms with van der Waals surface area (Å²) in [4.78, 5) is 2.03. The van der Waals surface area contributed by atoms with Crippen LogP contribution in [0.25, 0.3) is 6.08 Å². The SMILES string of the molecule is Cc1ccccc1/C=C\N(C)C. The van der Waals surface area contributed by atoms with Gasteiger partial charge in [0.25, 0.3) is 0 Å². The molecule has 0 fully saturated rings. The molecule has 0 aromatic heterocycles. The molecule has 0 atom stereocenters. The number of hydrogen-bond donors (Lipinski definition) is 0. The van der Waals surface area contributed by atoms with Crippen LogP contribution in [0, 0.1) is 6.92 Å². The lowest BCUT2D eigenvalue weighted by atomic mass is 10.1. The topological polar surface area (TPSA) is 3.24 Å². The zero-order valence-electron chi connectivity index (χ0n) is 7.91. The summed E-state index contributed by atoms with van der Waals surface area (Å²) < 4.78 is 0. The highest BCUT2D eigenvalue weighted by molar-refractivity contribution is 5.52. The first-order valence-electron chi connectivity index (χ1n) is 4.10. The molecule has 64 valence electrons. The first-order chi connectivity index (χ1) is 5.70. The number of rotatable bonds is 2. The Kier molecular flexibility index (Phi) is 2.92. The van der Waals surface area contributed by atoms with Crippen molar-refractivity contribution in [3.05, 3.63) is 41.6 Å². The van der Waals surface area contributed by atoms with Crippen LogP contribution < -0.4 is 0 Å². The molecular weight excluding hydrogens is 146 g/mol. The monoisotopic (exact) mass is 161 g/mol. The van der Waals surface area contributed by atoms with E-state index >= 15 is 0 Å². The van der Waals surface area contributed by atoms with Crippen molar-refractivity contribution in [2.75, 3.05) is 14.1 Å². The first kappa shape index (κ1) is 8.85. The van der Waals surface area contributed by atoms with Crippen LogP contribution >= 0.6 is 0 Å². The van der Waals surface area contributed by atoms with Crippen LogP contribution in [0.5, 0.6) is 0 Å². The Hall–Kier alpha value is -1.24. The average Bonchev–Trinajstić information content (AvgIpc) is 2.03. The Morgan fingerprint density at radius 3 is 2.42 bits per heavy atom. The van der Waals surface area contributed by atoms with Crippen LogP contribution in [0.3, 0.4) is 0 Å². The fourth-order valence-corrected chi connectivity index (χ4v) is 1.00. The van der Waals surface area contributed by atoms with Gasteiger partial charge in [0.2, 0.25) is 0 Å². The molecule has 0 spiro atoms. The van der Waals surface area contributed by atoms with Gasteiger partial charge >= 0.3 is 0 Å². The second kappa shape index (κ2) is 3.96. The van der Waals surface area contributed by atoms with Gasteiger partial charge in [-0.15, -0.1) is 0 Å². The summed E-state index contributed by atoms with van der Waals surface area (Å²) in [5, 5.41) is 0. The minimum Gasteiger partial charge on any atom is -0.383 e. The van der Waals surface area contributed by atoms with Gasteiger partial charge in [0.05, 0.1) is 0 Å². The molecule has 1 aromatic carbocycles. The van der Waals surface area contributed by atoms with Gasteiger partial charge < -0.3 is 4.90 Å². The molecular formula is C11H15N. The van der Waals surface area contributed by atoms with Crippen molar-refractivity contribution in [3.63, 3.8) is 0 Å². The molecule has 0 bridgehead atoms. The minimum absolute atomic E-state index is 1.28. The van der Waals surface area contributed by atoms with Gasteiger partial charge in [-0.25, -0.2) is 0 Å². The van der Waals surface area contributed by atoms with Crippen molar-refractivity contribution in [1.29, 1.82) is 0 Å². The van der Waals surface area contributed by atoms with E-state index in [4.69, 9.17) is 0 Å². The molecule has 0 N–H and O–H groups in total. The molecule has 12 heavy (non-hydrogen) atoms. The first-order valence-corrected chi connectivity index (χ1v) is 4.10. The Bertz CT molecular complexity index is 274. The molecule has 0 radical (unpaired) electrons. The van der Waals surface area contributed by atoms with E-state index in [1.54, 1.807) is 0 Å². The van der Waals surface area contributed by atoms with Crippen molar-refractivity contribution >= 4 is 6.08 Å². The molecule has 1 nitrogen and oxygen atoms in total. The number of nitrogens with zero attached hydrogens (tertiary/aromatic N) is 1. The van der Waals surface area contributed by atoms with Crippen molar-refractivity contribution in [3.8, 4) is 0 Å². The third kappa shape index (κ3) is 2.42. The van der Waals surface area contributed by atoms with Crippen LogP contribution in [0.1, 0.15) is 11.1 Å². The predicted molar refractivity (Wildman–Crippen MR) is 53.9 cm³/mol. The number of benzene rings is 1. The molecule has 1 rings (SSSR count). The van der Waals surface area contributed by atoms with E-state index in [2.05, 4.69) is 43.5 Å². The molecule has 0 saturated carbocycles. The fraction of sp³-hybridized carbons (Fsp3) is 0.273. The Morgan fingerprint density at radius 2 is 1.83 bits per heavy atom. The van der Waals surface area contributed by atoms with Crippen LogP contribution in [0.15, 0.2) is 30.5 Å². The van der Waals surface area contributed by atoms with Crippen LogP contribution in [-0.2, 0) is 0 Å². The highest BCUT2D eigenvalue weighted by Crippen LogP contribution is 2.08. The zero-order valence-corrected chi connectivity index (χ0v) is 7.91. The molecule has 0 heterocycles. The van der Waals surface area contributed by atoms with Crippen LogP contribution in [0.2, 0.25) is 0 Å². The van der Waals surface area contributed by atoms with E-state index in [9.17, 15) is 0 Å². The minimum atomic E-state index is 1.28. The Balaban J connectivity index is 2.82. The van der Waals surface area contributed by atoms with Crippen LogP contribution in [0.4, 0.5) is 0 Å². The van der Waals surface area contributed by atoms with Crippen molar-refractivity contribution < 1.29 is 0 Å². The average molecular weight is 161 g/mol. The molecule has 0 aliphatic carbocycles. The quantitative estimate of drug-likeness (QED) is 0.644. The van der Waals surface area contributed by atoms with Gasteiger partial charge in [-0.05, 0) is 30.3 Å². The van der Waals surface area contributed by atoms with Gasteiger partial charge in [-0.1, -0.05) is 24.3 Å². The summed E-state index contributed by atoms with van der Waals surface area (Å²) >= 11 is 0. The maximum Gasteiger partial charge on any atom is 0.00556 e. The van der Waals surface area contributed by atoms with E-state index in [1.165, 1.54) is 11.1 Å². The van der Waals surface area contributed by atoms with E-state index in [0.717, 1.165) is 0 Å². The largest absolute Gasteiger partial charge is 0.383 e. The van der Waals surface area contributed by atoms with Gasteiger partial charge in [0.15, 0.2) is 0 Å². The molecule has 1 aromatic rings. The lowest BCUT2D eigenvalue weighted by molar-refractivity contribution is 0.567. The standard InChI is InChI=1S/C11H15N/c1-10-6-4-5-7-11(10)8-9-12(2)3/h4-9H,1-3H3/b9-8-. The molecule has 0 unspecified atom stereocenters. The molecule has 0 aliphatic heterocycles. The maximum absolute atomic E-state index is 2.12. The predicted octanol–water partition coefficient (Wildman–Crippen LogP) is 2.53. The molecule has 0 amide bonds. The van der Waals surface area contributed by atoms with Crippen molar-refractivity contribution in [2.24, 2.45) is 0 Å². The van der Waals surface area contributed by atoms with Gasteiger partial charge in [0, 0.05) is 14.1 Å². The maximum atomic E-state index is 2.12. The summed E-state index contributed by atoms with van der Waals surface area (Å²) in [6, 6.07) is 8.36. The summed E-state index contributed by atoms with van der Waals surface area (Å²) in [6.07, 6.45) is 4.18. The Labute approximate surface area is 74.3 Å². The summed E-state index contributed by atoms with van der Waals surface area (Å²) in [7, 11) is 4.05. The summed E-state index contributed by atoms with van der Waals surface area (Å²) in [6.45, 7) is 2.12. The molecule has 1 heteroatoms. The normalized spacial score (nSPS) is 10.6. The molecule has 0 saturated heterocycles. The van der Waals surface area contributed by atoms with Gasteiger partial charge in [-0.2, -0.15) is 0 Å². The second-order valence-corrected chi connectivity index (χ2v) is 3.14. The zero-order chi connectivity index (χ0) is 8.97. The van der Waals surface area contributed by atoms with Crippen molar-refractivity contribution in [1.82, 2.24) is 4.90 Å². The third-order valence-corrected chi connectivity index (χ3v) is 1.74. The lowest BCUT2D eigenvalue weighted by Crippen LogP contribution is -1.99. The highest BCUT2D eigenvalue weighted by atomic mass is 15.0. The third-order valence-electron chi connectivity index (χ3n) is 1.74. The van der Waals surface area contributed by atoms with E-state index in [1.807, 2.05) is 19.0 Å². The number of hydrogen-bond acceptors (Lipinski definition) is 1. The lowest BCUT2D eigenvalue weighted by Gasteiger charge is -2.04. The summed E-state index contributed by atoms with van der Waals surface area (Å²) in [5.41, 5.74) is 2.60. The van der Waals surface area contributed by atoms with E-state index in [-0.39, 0.29) is 0 Å². The van der Waals surface area contributed by atoms with E-state index < -0.39 is 0 Å². The second-order valence-electron chi connectivity index (χ2n) is 3.14. The van der Waals surface area contributed by atoms with Crippen LogP contribution in [-0.4, -0.2) is 19.0 Å². The smallest absolute Gasteiger partial charge is 0.00556 e. The highest BCUT2D eigenvalue weighted by Gasteiger charge is 1.89. The van der Waals surface area contributed by atoms with Crippen molar-refractivity contribution in [2.45, 2.75) is 6.92 Å². The summed E-state index contributed by atoms with van der Waals surface area (Å²) in [5.74, 6) is 0.